The molecular formula is C20H22ClNO4. The summed E-state index contributed by atoms with van der Waals surface area (Å²) in [6, 6.07) is 12.3. The molecule has 138 valence electrons. The molecule has 0 bridgehead atoms. The van der Waals surface area contributed by atoms with E-state index in [0.29, 0.717) is 35.7 Å². The summed E-state index contributed by atoms with van der Waals surface area (Å²) >= 11 is 5.94. The van der Waals surface area contributed by atoms with Gasteiger partial charge < -0.3 is 15.2 Å². The number of nitrogens with one attached hydrogen (secondary N) is 1. The predicted molar refractivity (Wildman–Crippen MR) is 101 cm³/mol. The van der Waals surface area contributed by atoms with Gasteiger partial charge in [0.2, 0.25) is 0 Å². The van der Waals surface area contributed by atoms with Crippen molar-refractivity contribution in [2.24, 2.45) is 0 Å². The number of hydrogen-bond donors (Lipinski definition) is 2. The molecule has 0 heterocycles. The van der Waals surface area contributed by atoms with Gasteiger partial charge in [0.05, 0.1) is 18.6 Å². The van der Waals surface area contributed by atoms with E-state index in [9.17, 15) is 14.7 Å². The SMILES string of the molecule is CCC(C(=O)O)c1ccc(CCNC(=O)c2cc(Cl)ccc2OC)cc1. The Labute approximate surface area is 157 Å². The molecule has 0 fully saturated rings. The van der Waals surface area contributed by atoms with E-state index in [2.05, 4.69) is 5.32 Å². The highest BCUT2D eigenvalue weighted by molar-refractivity contribution is 6.31. The summed E-state index contributed by atoms with van der Waals surface area (Å²) in [4.78, 5) is 23.5. The molecule has 0 aliphatic carbocycles. The van der Waals surface area contributed by atoms with Gasteiger partial charge in [0, 0.05) is 11.6 Å². The van der Waals surface area contributed by atoms with Crippen LogP contribution in [0.2, 0.25) is 5.02 Å². The third-order valence-corrected chi connectivity index (χ3v) is 4.43. The second-order valence-corrected chi connectivity index (χ2v) is 6.33. The maximum Gasteiger partial charge on any atom is 0.310 e. The number of ether oxygens (including phenoxy) is 1. The highest BCUT2D eigenvalue weighted by Gasteiger charge is 2.17. The Morgan fingerprint density at radius 1 is 1.19 bits per heavy atom. The first-order chi connectivity index (χ1) is 12.5. The van der Waals surface area contributed by atoms with E-state index in [1.165, 1.54) is 7.11 Å². The molecule has 2 aromatic rings. The lowest BCUT2D eigenvalue weighted by atomic mass is 9.95. The zero-order valence-corrected chi connectivity index (χ0v) is 15.5. The Balaban J connectivity index is 1.94. The Morgan fingerprint density at radius 2 is 1.88 bits per heavy atom. The molecule has 0 saturated carbocycles. The van der Waals surface area contributed by atoms with E-state index in [1.54, 1.807) is 18.2 Å². The number of benzene rings is 2. The van der Waals surface area contributed by atoms with Crippen molar-refractivity contribution in [3.63, 3.8) is 0 Å². The van der Waals surface area contributed by atoms with Gasteiger partial charge in [0.25, 0.3) is 5.91 Å². The molecule has 1 atom stereocenters. The molecule has 5 nitrogen and oxygen atoms in total. The van der Waals surface area contributed by atoms with Crippen LogP contribution in [0.4, 0.5) is 0 Å². The predicted octanol–water partition coefficient (Wildman–Crippen LogP) is 3.90. The van der Waals surface area contributed by atoms with Crippen molar-refractivity contribution in [1.82, 2.24) is 5.32 Å². The first-order valence-corrected chi connectivity index (χ1v) is 8.77. The molecule has 2 N–H and O–H groups in total. The first kappa shape index (κ1) is 19.8. The van der Waals surface area contributed by atoms with Crippen LogP contribution in [0.25, 0.3) is 0 Å². The summed E-state index contributed by atoms with van der Waals surface area (Å²) in [7, 11) is 1.50. The van der Waals surface area contributed by atoms with Crippen LogP contribution in [-0.4, -0.2) is 30.6 Å². The zero-order chi connectivity index (χ0) is 19.1. The van der Waals surface area contributed by atoms with Crippen LogP contribution in [0.5, 0.6) is 5.75 Å². The lowest BCUT2D eigenvalue weighted by Crippen LogP contribution is -2.26. The summed E-state index contributed by atoms with van der Waals surface area (Å²) in [5.41, 5.74) is 2.20. The van der Waals surface area contributed by atoms with Crippen molar-refractivity contribution < 1.29 is 19.4 Å². The van der Waals surface area contributed by atoms with Gasteiger partial charge in [-0.05, 0) is 42.2 Å². The number of hydrogen-bond acceptors (Lipinski definition) is 3. The normalized spacial score (nSPS) is 11.7. The lowest BCUT2D eigenvalue weighted by molar-refractivity contribution is -0.138. The van der Waals surface area contributed by atoms with Gasteiger partial charge in [-0.2, -0.15) is 0 Å². The number of carboxylic acids is 1. The molecule has 26 heavy (non-hydrogen) atoms. The third kappa shape index (κ3) is 4.99. The van der Waals surface area contributed by atoms with E-state index < -0.39 is 11.9 Å². The fourth-order valence-corrected chi connectivity index (χ4v) is 2.91. The average molecular weight is 376 g/mol. The number of carbonyl (C=O) groups excluding carboxylic acids is 1. The van der Waals surface area contributed by atoms with Crippen LogP contribution in [0.1, 0.15) is 40.7 Å². The van der Waals surface area contributed by atoms with Gasteiger partial charge >= 0.3 is 5.97 Å². The molecular weight excluding hydrogens is 354 g/mol. The Hall–Kier alpha value is -2.53. The lowest BCUT2D eigenvalue weighted by Gasteiger charge is -2.12. The van der Waals surface area contributed by atoms with Gasteiger partial charge in [-0.25, -0.2) is 0 Å². The number of aliphatic carboxylic acids is 1. The summed E-state index contributed by atoms with van der Waals surface area (Å²) < 4.78 is 5.18. The molecule has 0 aliphatic rings. The monoisotopic (exact) mass is 375 g/mol. The number of rotatable bonds is 8. The first-order valence-electron chi connectivity index (χ1n) is 8.39. The van der Waals surface area contributed by atoms with E-state index in [0.717, 1.165) is 11.1 Å². The van der Waals surface area contributed by atoms with Crippen molar-refractivity contribution in [1.29, 1.82) is 0 Å². The maximum absolute atomic E-state index is 12.3. The van der Waals surface area contributed by atoms with Crippen LogP contribution in [0, 0.1) is 0 Å². The summed E-state index contributed by atoms with van der Waals surface area (Å²) in [5, 5.41) is 12.5. The molecule has 0 radical (unpaired) electrons. The fraction of sp³-hybridized carbons (Fsp3) is 0.300. The molecule has 2 rings (SSSR count). The Kier molecular flexibility index (Phi) is 7.04. The van der Waals surface area contributed by atoms with Gasteiger partial charge in [-0.3, -0.25) is 9.59 Å². The van der Waals surface area contributed by atoms with Crippen LogP contribution in [0.3, 0.4) is 0 Å². The molecule has 2 aromatic carbocycles. The highest BCUT2D eigenvalue weighted by Crippen LogP contribution is 2.23. The van der Waals surface area contributed by atoms with Gasteiger partial charge in [0.15, 0.2) is 0 Å². The van der Waals surface area contributed by atoms with E-state index in [1.807, 2.05) is 31.2 Å². The number of carbonyl (C=O) groups is 2. The van der Waals surface area contributed by atoms with E-state index in [-0.39, 0.29) is 5.91 Å². The largest absolute Gasteiger partial charge is 0.496 e. The molecule has 0 spiro atoms. The Bertz CT molecular complexity index is 774. The van der Waals surface area contributed by atoms with Gasteiger partial charge in [0.1, 0.15) is 5.75 Å². The van der Waals surface area contributed by atoms with Crippen molar-refractivity contribution in [3.8, 4) is 5.75 Å². The van der Waals surface area contributed by atoms with Crippen molar-refractivity contribution in [2.45, 2.75) is 25.7 Å². The van der Waals surface area contributed by atoms with Crippen LogP contribution >= 0.6 is 11.6 Å². The number of methoxy groups -OCH3 is 1. The van der Waals surface area contributed by atoms with Crippen molar-refractivity contribution in [3.05, 3.63) is 64.2 Å². The van der Waals surface area contributed by atoms with Gasteiger partial charge in [-0.1, -0.05) is 42.8 Å². The highest BCUT2D eigenvalue weighted by atomic mass is 35.5. The summed E-state index contributed by atoms with van der Waals surface area (Å²) in [6.07, 6.45) is 1.19. The topological polar surface area (TPSA) is 75.6 Å². The van der Waals surface area contributed by atoms with Crippen LogP contribution in [-0.2, 0) is 11.2 Å². The zero-order valence-electron chi connectivity index (χ0n) is 14.8. The smallest absolute Gasteiger partial charge is 0.310 e. The summed E-state index contributed by atoms with van der Waals surface area (Å²) in [5.74, 6) is -1.09. The Morgan fingerprint density at radius 3 is 2.46 bits per heavy atom. The van der Waals surface area contributed by atoms with E-state index >= 15 is 0 Å². The maximum atomic E-state index is 12.3. The van der Waals surface area contributed by atoms with Crippen LogP contribution in [0.15, 0.2) is 42.5 Å². The minimum absolute atomic E-state index is 0.252. The molecule has 0 aromatic heterocycles. The molecule has 6 heteroatoms. The number of halogens is 1. The van der Waals surface area contributed by atoms with Crippen molar-refractivity contribution >= 4 is 23.5 Å². The minimum atomic E-state index is -0.817. The number of amides is 1. The quantitative estimate of drug-likeness (QED) is 0.733. The summed E-state index contributed by atoms with van der Waals surface area (Å²) in [6.45, 7) is 2.30. The fourth-order valence-electron chi connectivity index (χ4n) is 2.74. The molecule has 0 aliphatic heterocycles. The standard InChI is InChI=1S/C20H22ClNO4/c1-3-16(20(24)25)14-6-4-13(5-7-14)10-11-22-19(23)17-12-15(21)8-9-18(17)26-2/h4-9,12,16H,3,10-11H2,1-2H3,(H,22,23)(H,24,25). The second-order valence-electron chi connectivity index (χ2n) is 5.89. The molecule has 1 amide bonds. The van der Waals surface area contributed by atoms with Crippen molar-refractivity contribution in [2.75, 3.05) is 13.7 Å². The molecule has 1 unspecified atom stereocenters. The molecule has 0 saturated heterocycles. The van der Waals surface area contributed by atoms with E-state index in [4.69, 9.17) is 16.3 Å². The third-order valence-electron chi connectivity index (χ3n) is 4.19. The minimum Gasteiger partial charge on any atom is -0.496 e. The number of carboxylic acid groups (broad SMARTS) is 1. The average Bonchev–Trinajstić information content (AvgIpc) is 2.63. The van der Waals surface area contributed by atoms with Gasteiger partial charge in [-0.15, -0.1) is 0 Å². The van der Waals surface area contributed by atoms with Crippen LogP contribution < -0.4 is 10.1 Å². The second kappa shape index (κ2) is 9.25.